The molecule has 0 aliphatic heterocycles. The first kappa shape index (κ1) is 13.1. The number of para-hydroxylation sites is 1. The number of fused-ring (bicyclic) bond motifs is 1. The number of thiazole rings is 1. The van der Waals surface area contributed by atoms with Crippen LogP contribution in [0.4, 0.5) is 0 Å². The van der Waals surface area contributed by atoms with Crippen LogP contribution in [0.5, 0.6) is 0 Å². The Morgan fingerprint density at radius 3 is 3.00 bits per heavy atom. The molecule has 1 unspecified atom stereocenters. The number of hydrogen-bond donors (Lipinski definition) is 1. The van der Waals surface area contributed by atoms with Crippen LogP contribution >= 0.6 is 11.3 Å². The molecule has 2 aromatic rings. The molecule has 2 rings (SSSR count). The van der Waals surface area contributed by atoms with Crippen molar-refractivity contribution in [2.24, 2.45) is 0 Å². The summed E-state index contributed by atoms with van der Waals surface area (Å²) in [5.41, 5.74) is 1.10. The lowest BCUT2D eigenvalue weighted by atomic mass is 10.2. The molecule has 1 N–H and O–H groups in total. The van der Waals surface area contributed by atoms with Gasteiger partial charge in [-0.05, 0) is 38.4 Å². The molecule has 1 heterocycles. The van der Waals surface area contributed by atoms with E-state index in [1.54, 1.807) is 11.3 Å². The number of terminal acetylenes is 1. The largest absolute Gasteiger partial charge is 0.308 e. The summed E-state index contributed by atoms with van der Waals surface area (Å²) in [6.45, 7) is 3.16. The van der Waals surface area contributed by atoms with E-state index in [4.69, 9.17) is 6.42 Å². The Labute approximate surface area is 112 Å². The van der Waals surface area contributed by atoms with Gasteiger partial charge in [0.15, 0.2) is 0 Å². The van der Waals surface area contributed by atoms with Crippen LogP contribution in [0.3, 0.4) is 0 Å². The Kier molecular flexibility index (Phi) is 4.74. The quantitative estimate of drug-likeness (QED) is 0.630. The van der Waals surface area contributed by atoms with Gasteiger partial charge in [-0.25, -0.2) is 4.98 Å². The smallest absolute Gasteiger partial charge is 0.111 e. The Balaban J connectivity index is 1.88. The van der Waals surface area contributed by atoms with Gasteiger partial charge in [-0.3, -0.25) is 0 Å². The van der Waals surface area contributed by atoms with E-state index < -0.39 is 0 Å². The molecule has 0 aliphatic carbocycles. The van der Waals surface area contributed by atoms with Gasteiger partial charge in [-0.15, -0.1) is 23.7 Å². The molecule has 0 radical (unpaired) electrons. The second-order valence-corrected chi connectivity index (χ2v) is 5.42. The first-order valence-electron chi connectivity index (χ1n) is 6.33. The van der Waals surface area contributed by atoms with E-state index in [9.17, 15) is 0 Å². The normalized spacial score (nSPS) is 12.4. The topological polar surface area (TPSA) is 24.9 Å². The summed E-state index contributed by atoms with van der Waals surface area (Å²) >= 11 is 1.77. The third-order valence-corrected chi connectivity index (χ3v) is 4.10. The number of hydrogen-bond acceptors (Lipinski definition) is 3. The second-order valence-electron chi connectivity index (χ2n) is 4.36. The maximum absolute atomic E-state index is 5.23. The highest BCUT2D eigenvalue weighted by Gasteiger charge is 2.10. The monoisotopic (exact) mass is 258 g/mol. The molecule has 3 heteroatoms. The number of aromatic nitrogens is 1. The molecule has 0 saturated carbocycles. The van der Waals surface area contributed by atoms with E-state index in [1.165, 1.54) is 4.70 Å². The van der Waals surface area contributed by atoms with E-state index in [-0.39, 0.29) is 0 Å². The van der Waals surface area contributed by atoms with E-state index in [0.717, 1.165) is 36.3 Å². The molecule has 0 amide bonds. The molecule has 0 spiro atoms. The van der Waals surface area contributed by atoms with Crippen LogP contribution in [0.25, 0.3) is 10.2 Å². The summed E-state index contributed by atoms with van der Waals surface area (Å²) in [6.07, 6.45) is 8.32. The van der Waals surface area contributed by atoms with Crippen LogP contribution in [-0.4, -0.2) is 11.5 Å². The zero-order valence-corrected chi connectivity index (χ0v) is 11.5. The molecule has 0 saturated heterocycles. The Morgan fingerprint density at radius 1 is 1.39 bits per heavy atom. The molecule has 18 heavy (non-hydrogen) atoms. The maximum Gasteiger partial charge on any atom is 0.111 e. The van der Waals surface area contributed by atoms with E-state index in [2.05, 4.69) is 41.3 Å². The van der Waals surface area contributed by atoms with Crippen molar-refractivity contribution in [3.63, 3.8) is 0 Å². The summed E-state index contributed by atoms with van der Waals surface area (Å²) in [7, 11) is 0. The Bertz CT molecular complexity index is 506. The highest BCUT2D eigenvalue weighted by atomic mass is 32.1. The highest BCUT2D eigenvalue weighted by molar-refractivity contribution is 7.18. The van der Waals surface area contributed by atoms with Crippen LogP contribution in [0.15, 0.2) is 24.3 Å². The van der Waals surface area contributed by atoms with Crippen molar-refractivity contribution in [1.29, 1.82) is 0 Å². The van der Waals surface area contributed by atoms with E-state index in [1.807, 2.05) is 6.07 Å². The SMILES string of the molecule is C#CCCCCNC(C)c1nc2ccccc2s1. The third-order valence-electron chi connectivity index (χ3n) is 2.88. The number of benzene rings is 1. The molecular weight excluding hydrogens is 240 g/mol. The van der Waals surface area contributed by atoms with Crippen molar-refractivity contribution in [1.82, 2.24) is 10.3 Å². The van der Waals surface area contributed by atoms with Gasteiger partial charge >= 0.3 is 0 Å². The average molecular weight is 258 g/mol. The lowest BCUT2D eigenvalue weighted by Crippen LogP contribution is -2.19. The van der Waals surface area contributed by atoms with Crippen molar-refractivity contribution in [3.05, 3.63) is 29.3 Å². The van der Waals surface area contributed by atoms with Crippen LogP contribution in [0, 0.1) is 12.3 Å². The van der Waals surface area contributed by atoms with Crippen LogP contribution in [0.1, 0.15) is 37.2 Å². The zero-order chi connectivity index (χ0) is 12.8. The highest BCUT2D eigenvalue weighted by Crippen LogP contribution is 2.25. The number of nitrogens with zero attached hydrogens (tertiary/aromatic N) is 1. The van der Waals surface area contributed by atoms with Gasteiger partial charge in [0.2, 0.25) is 0 Å². The maximum atomic E-state index is 5.23. The molecule has 0 aliphatic rings. The van der Waals surface area contributed by atoms with E-state index >= 15 is 0 Å². The van der Waals surface area contributed by atoms with Gasteiger partial charge in [0.05, 0.1) is 16.3 Å². The van der Waals surface area contributed by atoms with Gasteiger partial charge in [0, 0.05) is 6.42 Å². The van der Waals surface area contributed by atoms with Gasteiger partial charge in [0.1, 0.15) is 5.01 Å². The summed E-state index contributed by atoms with van der Waals surface area (Å²) in [4.78, 5) is 4.65. The molecule has 1 aromatic carbocycles. The predicted octanol–water partition coefficient (Wildman–Crippen LogP) is 3.75. The third kappa shape index (κ3) is 3.32. The summed E-state index contributed by atoms with van der Waals surface area (Å²) in [5, 5.41) is 4.66. The lowest BCUT2D eigenvalue weighted by Gasteiger charge is -2.10. The minimum absolute atomic E-state index is 0.313. The first-order valence-corrected chi connectivity index (χ1v) is 7.15. The first-order chi connectivity index (χ1) is 8.81. The molecule has 1 aromatic heterocycles. The van der Waals surface area contributed by atoms with Crippen molar-refractivity contribution in [2.75, 3.05) is 6.54 Å². The van der Waals surface area contributed by atoms with E-state index in [0.29, 0.717) is 6.04 Å². The van der Waals surface area contributed by atoms with Crippen LogP contribution in [-0.2, 0) is 0 Å². The zero-order valence-electron chi connectivity index (χ0n) is 10.6. The predicted molar refractivity (Wildman–Crippen MR) is 78.7 cm³/mol. The van der Waals surface area contributed by atoms with Gasteiger partial charge in [-0.2, -0.15) is 0 Å². The van der Waals surface area contributed by atoms with Gasteiger partial charge in [-0.1, -0.05) is 12.1 Å². The Morgan fingerprint density at radius 2 is 2.22 bits per heavy atom. The van der Waals surface area contributed by atoms with Crippen LogP contribution in [0.2, 0.25) is 0 Å². The van der Waals surface area contributed by atoms with Crippen molar-refractivity contribution in [3.8, 4) is 12.3 Å². The summed E-state index contributed by atoms with van der Waals surface area (Å²) in [5.74, 6) is 2.67. The van der Waals surface area contributed by atoms with Crippen molar-refractivity contribution >= 4 is 21.6 Å². The minimum atomic E-state index is 0.313. The average Bonchev–Trinajstić information content (AvgIpc) is 2.82. The molecule has 2 nitrogen and oxygen atoms in total. The molecule has 94 valence electrons. The molecular formula is C15H18N2S. The fraction of sp³-hybridized carbons (Fsp3) is 0.400. The molecule has 0 bridgehead atoms. The Hall–Kier alpha value is -1.37. The lowest BCUT2D eigenvalue weighted by molar-refractivity contribution is 0.548. The van der Waals surface area contributed by atoms with Crippen molar-refractivity contribution < 1.29 is 0 Å². The van der Waals surface area contributed by atoms with Crippen molar-refractivity contribution in [2.45, 2.75) is 32.2 Å². The van der Waals surface area contributed by atoms with Crippen LogP contribution < -0.4 is 5.32 Å². The van der Waals surface area contributed by atoms with Gasteiger partial charge < -0.3 is 5.32 Å². The minimum Gasteiger partial charge on any atom is -0.308 e. The number of nitrogens with one attached hydrogen (secondary N) is 1. The molecule has 0 fully saturated rings. The fourth-order valence-corrected chi connectivity index (χ4v) is 2.83. The second kappa shape index (κ2) is 6.53. The standard InChI is InChI=1S/C15H18N2S/c1-3-4-5-8-11-16-12(2)15-17-13-9-6-7-10-14(13)18-15/h1,6-7,9-10,12,16H,4-5,8,11H2,2H3. The number of unbranched alkanes of at least 4 members (excludes halogenated alkanes) is 2. The summed E-state index contributed by atoms with van der Waals surface area (Å²) < 4.78 is 1.26. The number of rotatable bonds is 6. The molecule has 1 atom stereocenters. The fourth-order valence-electron chi connectivity index (χ4n) is 1.83. The summed E-state index contributed by atoms with van der Waals surface area (Å²) in [6, 6.07) is 8.59. The van der Waals surface area contributed by atoms with Gasteiger partial charge in [0.25, 0.3) is 0 Å².